The standard InChI is InChI=1S/C12H18IN3O2/c1-12(2,3)18-11(17)15-5-4-6-16-10(8-15)9(13)7-14-16/h7H,4-6,8H2,1-3H3. The Bertz CT molecular complexity index is 451. The highest BCUT2D eigenvalue weighted by atomic mass is 127. The zero-order valence-corrected chi connectivity index (χ0v) is 13.1. The predicted octanol–water partition coefficient (Wildman–Crippen LogP) is 2.63. The minimum Gasteiger partial charge on any atom is -0.444 e. The third kappa shape index (κ3) is 3.15. The van der Waals surface area contributed by atoms with Crippen LogP contribution in [0.3, 0.4) is 0 Å². The molecule has 0 saturated carbocycles. The molecule has 0 bridgehead atoms. The second kappa shape index (κ2) is 5.07. The second-order valence-corrected chi connectivity index (χ2v) is 6.58. The minimum absolute atomic E-state index is 0.243. The van der Waals surface area contributed by atoms with Crippen LogP contribution in [-0.4, -0.2) is 32.9 Å². The highest BCUT2D eigenvalue weighted by Crippen LogP contribution is 2.19. The number of hydrogen-bond donors (Lipinski definition) is 0. The first kappa shape index (κ1) is 13.6. The number of ether oxygens (including phenoxy) is 1. The van der Waals surface area contributed by atoms with Crippen molar-refractivity contribution in [1.82, 2.24) is 14.7 Å². The lowest BCUT2D eigenvalue weighted by Gasteiger charge is -2.26. The Kier molecular flexibility index (Phi) is 3.84. The van der Waals surface area contributed by atoms with Crippen LogP contribution in [0, 0.1) is 3.57 Å². The molecule has 2 heterocycles. The first-order valence-corrected chi connectivity index (χ1v) is 7.13. The molecule has 6 heteroatoms. The summed E-state index contributed by atoms with van der Waals surface area (Å²) in [7, 11) is 0. The lowest BCUT2D eigenvalue weighted by Crippen LogP contribution is -2.36. The molecule has 100 valence electrons. The van der Waals surface area contributed by atoms with E-state index in [1.165, 1.54) is 0 Å². The van der Waals surface area contributed by atoms with Crippen LogP contribution in [0.4, 0.5) is 4.79 Å². The molecule has 1 aliphatic heterocycles. The molecule has 5 nitrogen and oxygen atoms in total. The fourth-order valence-electron chi connectivity index (χ4n) is 1.89. The highest BCUT2D eigenvalue weighted by Gasteiger charge is 2.25. The number of rotatable bonds is 0. The Morgan fingerprint density at radius 3 is 2.83 bits per heavy atom. The van der Waals surface area contributed by atoms with Gasteiger partial charge in [-0.2, -0.15) is 5.10 Å². The summed E-state index contributed by atoms with van der Waals surface area (Å²) in [5, 5.41) is 4.32. The third-order valence-corrected chi connectivity index (χ3v) is 3.59. The monoisotopic (exact) mass is 363 g/mol. The van der Waals surface area contributed by atoms with Crippen LogP contribution in [-0.2, 0) is 17.8 Å². The van der Waals surface area contributed by atoms with E-state index in [0.717, 1.165) is 22.2 Å². The summed E-state index contributed by atoms with van der Waals surface area (Å²) in [4.78, 5) is 13.8. The quantitative estimate of drug-likeness (QED) is 0.666. The number of aromatic nitrogens is 2. The summed E-state index contributed by atoms with van der Waals surface area (Å²) in [5.74, 6) is 0. The number of fused-ring (bicyclic) bond motifs is 1. The van der Waals surface area contributed by atoms with E-state index in [9.17, 15) is 4.79 Å². The molecule has 0 N–H and O–H groups in total. The Hall–Kier alpha value is -0.790. The SMILES string of the molecule is CC(C)(C)OC(=O)N1CCCn2ncc(I)c2C1. The summed E-state index contributed by atoms with van der Waals surface area (Å²) >= 11 is 2.26. The van der Waals surface area contributed by atoms with Crippen molar-refractivity contribution >= 4 is 28.7 Å². The molecule has 1 amide bonds. The van der Waals surface area contributed by atoms with Crippen molar-refractivity contribution in [3.8, 4) is 0 Å². The van der Waals surface area contributed by atoms with Crippen molar-refractivity contribution in [2.45, 2.75) is 45.9 Å². The van der Waals surface area contributed by atoms with Crippen LogP contribution in [0.15, 0.2) is 6.20 Å². The number of carbonyl (C=O) groups is 1. The highest BCUT2D eigenvalue weighted by molar-refractivity contribution is 14.1. The molecule has 0 aliphatic carbocycles. The molecule has 0 unspecified atom stereocenters. The Labute approximate surface area is 121 Å². The molecular formula is C12H18IN3O2. The van der Waals surface area contributed by atoms with Gasteiger partial charge in [0.2, 0.25) is 0 Å². The van der Waals surface area contributed by atoms with Crippen molar-refractivity contribution in [2.24, 2.45) is 0 Å². The number of halogens is 1. The molecule has 0 radical (unpaired) electrons. The molecule has 18 heavy (non-hydrogen) atoms. The van der Waals surface area contributed by atoms with Crippen LogP contribution in [0.2, 0.25) is 0 Å². The third-order valence-electron chi connectivity index (χ3n) is 2.69. The maximum atomic E-state index is 12.1. The average Bonchev–Trinajstić information content (AvgIpc) is 2.49. The van der Waals surface area contributed by atoms with Gasteiger partial charge in [0, 0.05) is 13.1 Å². The van der Waals surface area contributed by atoms with Crippen LogP contribution in [0.5, 0.6) is 0 Å². The molecular weight excluding hydrogens is 345 g/mol. The van der Waals surface area contributed by atoms with E-state index in [0.29, 0.717) is 13.1 Å². The normalized spacial score (nSPS) is 16.1. The van der Waals surface area contributed by atoms with Gasteiger partial charge in [0.25, 0.3) is 0 Å². The minimum atomic E-state index is -0.448. The lowest BCUT2D eigenvalue weighted by atomic mass is 10.2. The van der Waals surface area contributed by atoms with Crippen molar-refractivity contribution in [1.29, 1.82) is 0 Å². The van der Waals surface area contributed by atoms with Crippen molar-refractivity contribution in [3.63, 3.8) is 0 Å². The van der Waals surface area contributed by atoms with E-state index >= 15 is 0 Å². The van der Waals surface area contributed by atoms with Crippen LogP contribution < -0.4 is 0 Å². The van der Waals surface area contributed by atoms with Crippen LogP contribution in [0.25, 0.3) is 0 Å². The summed E-state index contributed by atoms with van der Waals surface area (Å²) in [6.07, 6.45) is 2.51. The number of aryl methyl sites for hydroxylation is 1. The number of hydrogen-bond acceptors (Lipinski definition) is 3. The van der Waals surface area contributed by atoms with Gasteiger partial charge >= 0.3 is 6.09 Å². The van der Waals surface area contributed by atoms with Crippen molar-refractivity contribution < 1.29 is 9.53 Å². The molecule has 1 aromatic rings. The molecule has 1 aromatic heterocycles. The van der Waals surface area contributed by atoms with E-state index in [4.69, 9.17) is 4.74 Å². The molecule has 0 fully saturated rings. The van der Waals surface area contributed by atoms with Crippen molar-refractivity contribution in [2.75, 3.05) is 6.54 Å². The Morgan fingerprint density at radius 2 is 2.17 bits per heavy atom. The predicted molar refractivity (Wildman–Crippen MR) is 76.2 cm³/mol. The smallest absolute Gasteiger partial charge is 0.410 e. The van der Waals surface area contributed by atoms with E-state index < -0.39 is 5.60 Å². The van der Waals surface area contributed by atoms with Gasteiger partial charge < -0.3 is 9.64 Å². The summed E-state index contributed by atoms with van der Waals surface area (Å²) < 4.78 is 8.50. The lowest BCUT2D eigenvalue weighted by molar-refractivity contribution is 0.0236. The molecule has 0 aromatic carbocycles. The molecule has 1 aliphatic rings. The first-order chi connectivity index (χ1) is 8.37. The summed E-state index contributed by atoms with van der Waals surface area (Å²) in [6, 6.07) is 0. The molecule has 0 spiro atoms. The number of amides is 1. The zero-order valence-electron chi connectivity index (χ0n) is 10.9. The van der Waals surface area contributed by atoms with Gasteiger partial charge in [-0.05, 0) is 49.8 Å². The zero-order chi connectivity index (χ0) is 13.3. The molecule has 0 saturated heterocycles. The molecule has 2 rings (SSSR count). The van der Waals surface area contributed by atoms with E-state index in [1.807, 2.05) is 31.6 Å². The van der Waals surface area contributed by atoms with Crippen LogP contribution >= 0.6 is 22.6 Å². The van der Waals surface area contributed by atoms with Gasteiger partial charge in [-0.15, -0.1) is 0 Å². The van der Waals surface area contributed by atoms with Gasteiger partial charge in [-0.25, -0.2) is 4.79 Å². The van der Waals surface area contributed by atoms with E-state index in [2.05, 4.69) is 27.7 Å². The summed E-state index contributed by atoms with van der Waals surface area (Å²) in [5.41, 5.74) is 0.649. The fraction of sp³-hybridized carbons (Fsp3) is 0.667. The molecule has 0 atom stereocenters. The topological polar surface area (TPSA) is 47.4 Å². The van der Waals surface area contributed by atoms with Gasteiger partial charge in [-0.3, -0.25) is 4.68 Å². The summed E-state index contributed by atoms with van der Waals surface area (Å²) in [6.45, 7) is 7.81. The van der Waals surface area contributed by atoms with Gasteiger partial charge in [-0.1, -0.05) is 0 Å². The maximum absolute atomic E-state index is 12.1. The van der Waals surface area contributed by atoms with E-state index in [1.54, 1.807) is 4.90 Å². The fourth-order valence-corrected chi connectivity index (χ4v) is 2.46. The maximum Gasteiger partial charge on any atom is 0.410 e. The van der Waals surface area contributed by atoms with Crippen LogP contribution in [0.1, 0.15) is 32.9 Å². The van der Waals surface area contributed by atoms with Gasteiger partial charge in [0.1, 0.15) is 5.60 Å². The second-order valence-electron chi connectivity index (χ2n) is 5.42. The van der Waals surface area contributed by atoms with Gasteiger partial charge in [0.05, 0.1) is 22.0 Å². The number of carbonyl (C=O) groups excluding carboxylic acids is 1. The Balaban J connectivity index is 2.12. The first-order valence-electron chi connectivity index (χ1n) is 6.05. The average molecular weight is 363 g/mol. The largest absolute Gasteiger partial charge is 0.444 e. The van der Waals surface area contributed by atoms with Gasteiger partial charge in [0.15, 0.2) is 0 Å². The Morgan fingerprint density at radius 1 is 1.44 bits per heavy atom. The van der Waals surface area contributed by atoms with Crippen molar-refractivity contribution in [3.05, 3.63) is 15.5 Å². The van der Waals surface area contributed by atoms with E-state index in [-0.39, 0.29) is 6.09 Å². The number of nitrogens with zero attached hydrogens (tertiary/aromatic N) is 3.